The topological polar surface area (TPSA) is 29.5 Å². The van der Waals surface area contributed by atoms with Gasteiger partial charge in [-0.3, -0.25) is 0 Å². The van der Waals surface area contributed by atoms with Crippen LogP contribution in [0.3, 0.4) is 0 Å². The lowest BCUT2D eigenvalue weighted by atomic mass is 9.78. The fourth-order valence-electron chi connectivity index (χ4n) is 2.41. The van der Waals surface area contributed by atoms with Gasteiger partial charge in [0.1, 0.15) is 0 Å². The smallest absolute Gasteiger partial charge is 0.0698 e. The highest BCUT2D eigenvalue weighted by molar-refractivity contribution is 4.86. The van der Waals surface area contributed by atoms with Crippen molar-refractivity contribution in [3.63, 3.8) is 0 Å². The van der Waals surface area contributed by atoms with Crippen LogP contribution >= 0.6 is 0 Å². The van der Waals surface area contributed by atoms with Crippen LogP contribution in [0.4, 0.5) is 0 Å². The lowest BCUT2D eigenvalue weighted by Gasteiger charge is -2.34. The summed E-state index contributed by atoms with van der Waals surface area (Å²) in [5.74, 6) is 0.453. The van der Waals surface area contributed by atoms with Crippen molar-refractivity contribution in [3.8, 4) is 0 Å². The molecule has 1 heterocycles. The van der Waals surface area contributed by atoms with Gasteiger partial charge in [0.25, 0.3) is 0 Å². The van der Waals surface area contributed by atoms with E-state index in [1.165, 1.54) is 0 Å². The van der Waals surface area contributed by atoms with E-state index in [0.717, 1.165) is 45.3 Å². The molecule has 1 saturated heterocycles. The molecule has 0 saturated carbocycles. The second-order valence-electron chi connectivity index (χ2n) is 4.08. The Kier molecular flexibility index (Phi) is 4.20. The summed E-state index contributed by atoms with van der Waals surface area (Å²) >= 11 is 0. The van der Waals surface area contributed by atoms with E-state index in [4.69, 9.17) is 4.74 Å². The molecule has 0 amide bonds. The summed E-state index contributed by atoms with van der Waals surface area (Å²) in [5.41, 5.74) is -0.444. The molecular formula is C11H22O2. The second-order valence-corrected chi connectivity index (χ2v) is 4.08. The SMILES string of the molecule is CCC(CC)C1(O)CCCOCC1. The molecule has 0 aromatic rings. The van der Waals surface area contributed by atoms with Crippen molar-refractivity contribution >= 4 is 0 Å². The molecule has 1 unspecified atom stereocenters. The van der Waals surface area contributed by atoms with Gasteiger partial charge < -0.3 is 9.84 Å². The minimum atomic E-state index is -0.444. The zero-order chi connectivity index (χ0) is 9.73. The van der Waals surface area contributed by atoms with Crippen molar-refractivity contribution in [2.75, 3.05) is 13.2 Å². The zero-order valence-electron chi connectivity index (χ0n) is 8.88. The Hall–Kier alpha value is -0.0800. The van der Waals surface area contributed by atoms with Crippen LogP contribution < -0.4 is 0 Å². The molecule has 0 bridgehead atoms. The number of ether oxygens (including phenoxy) is 1. The third kappa shape index (κ3) is 2.68. The van der Waals surface area contributed by atoms with Gasteiger partial charge in [-0.05, 0) is 25.2 Å². The minimum Gasteiger partial charge on any atom is -0.390 e. The van der Waals surface area contributed by atoms with Crippen LogP contribution in [0, 0.1) is 5.92 Å². The Balaban J connectivity index is 2.58. The highest BCUT2D eigenvalue weighted by Crippen LogP contribution is 2.33. The van der Waals surface area contributed by atoms with Crippen molar-refractivity contribution in [1.82, 2.24) is 0 Å². The largest absolute Gasteiger partial charge is 0.390 e. The maximum atomic E-state index is 10.4. The summed E-state index contributed by atoms with van der Waals surface area (Å²) in [6.45, 7) is 5.88. The van der Waals surface area contributed by atoms with Crippen molar-refractivity contribution in [1.29, 1.82) is 0 Å². The van der Waals surface area contributed by atoms with Gasteiger partial charge >= 0.3 is 0 Å². The molecular weight excluding hydrogens is 164 g/mol. The first-order chi connectivity index (χ1) is 6.23. The van der Waals surface area contributed by atoms with E-state index in [9.17, 15) is 5.11 Å². The number of rotatable bonds is 3. The van der Waals surface area contributed by atoms with Crippen LogP contribution in [0.2, 0.25) is 0 Å². The highest BCUT2D eigenvalue weighted by atomic mass is 16.5. The molecule has 2 nitrogen and oxygen atoms in total. The second kappa shape index (κ2) is 4.97. The van der Waals surface area contributed by atoms with E-state index in [0.29, 0.717) is 5.92 Å². The van der Waals surface area contributed by atoms with Gasteiger partial charge in [0.05, 0.1) is 5.60 Å². The van der Waals surface area contributed by atoms with E-state index < -0.39 is 5.60 Å². The third-order valence-electron chi connectivity index (χ3n) is 3.32. The molecule has 1 aliphatic rings. The van der Waals surface area contributed by atoms with E-state index in [1.807, 2.05) is 0 Å². The summed E-state index contributed by atoms with van der Waals surface area (Å²) < 4.78 is 5.37. The van der Waals surface area contributed by atoms with Gasteiger partial charge in [0.15, 0.2) is 0 Å². The molecule has 78 valence electrons. The van der Waals surface area contributed by atoms with E-state index in [1.54, 1.807) is 0 Å². The molecule has 0 aromatic carbocycles. The molecule has 0 aliphatic carbocycles. The number of hydrogen-bond acceptors (Lipinski definition) is 2. The molecule has 0 spiro atoms. The fraction of sp³-hybridized carbons (Fsp3) is 1.00. The molecule has 1 fully saturated rings. The Morgan fingerprint density at radius 3 is 2.54 bits per heavy atom. The van der Waals surface area contributed by atoms with Crippen molar-refractivity contribution in [2.24, 2.45) is 5.92 Å². The lowest BCUT2D eigenvalue weighted by Crippen LogP contribution is -2.37. The normalized spacial score (nSPS) is 30.5. The van der Waals surface area contributed by atoms with E-state index in [-0.39, 0.29) is 0 Å². The lowest BCUT2D eigenvalue weighted by molar-refractivity contribution is -0.0382. The predicted octanol–water partition coefficient (Wildman–Crippen LogP) is 2.35. The molecule has 0 aromatic heterocycles. The Morgan fingerprint density at radius 2 is 1.92 bits per heavy atom. The van der Waals surface area contributed by atoms with E-state index >= 15 is 0 Å². The molecule has 13 heavy (non-hydrogen) atoms. The van der Waals surface area contributed by atoms with Gasteiger partial charge in [-0.2, -0.15) is 0 Å². The molecule has 1 rings (SSSR count). The minimum absolute atomic E-state index is 0.444. The van der Waals surface area contributed by atoms with Crippen LogP contribution in [-0.2, 0) is 4.74 Å². The summed E-state index contributed by atoms with van der Waals surface area (Å²) in [6, 6.07) is 0. The van der Waals surface area contributed by atoms with Gasteiger partial charge in [-0.15, -0.1) is 0 Å². The molecule has 0 radical (unpaired) electrons. The first-order valence-corrected chi connectivity index (χ1v) is 5.53. The Labute approximate surface area is 81.3 Å². The standard InChI is InChI=1S/C11H22O2/c1-3-10(4-2)11(12)6-5-8-13-9-7-11/h10,12H,3-9H2,1-2H3. The Bertz CT molecular complexity index is 133. The van der Waals surface area contributed by atoms with Crippen LogP contribution in [0.1, 0.15) is 46.0 Å². The fourth-order valence-corrected chi connectivity index (χ4v) is 2.41. The molecule has 2 heteroatoms. The average molecular weight is 186 g/mol. The number of aliphatic hydroxyl groups is 1. The van der Waals surface area contributed by atoms with Gasteiger partial charge in [0, 0.05) is 13.2 Å². The third-order valence-corrected chi connectivity index (χ3v) is 3.32. The summed E-state index contributed by atoms with van der Waals surface area (Å²) in [5, 5.41) is 10.4. The number of hydrogen-bond donors (Lipinski definition) is 1. The summed E-state index contributed by atoms with van der Waals surface area (Å²) in [4.78, 5) is 0. The van der Waals surface area contributed by atoms with Crippen molar-refractivity contribution in [3.05, 3.63) is 0 Å². The summed E-state index contributed by atoms with van der Waals surface area (Å²) in [6.07, 6.45) is 4.89. The van der Waals surface area contributed by atoms with Gasteiger partial charge in [-0.25, -0.2) is 0 Å². The predicted molar refractivity (Wildman–Crippen MR) is 53.7 cm³/mol. The quantitative estimate of drug-likeness (QED) is 0.733. The maximum Gasteiger partial charge on any atom is 0.0698 e. The van der Waals surface area contributed by atoms with Crippen molar-refractivity contribution < 1.29 is 9.84 Å². The van der Waals surface area contributed by atoms with E-state index in [2.05, 4.69) is 13.8 Å². The van der Waals surface area contributed by atoms with Gasteiger partial charge in [-0.1, -0.05) is 26.7 Å². The van der Waals surface area contributed by atoms with Gasteiger partial charge in [0.2, 0.25) is 0 Å². The van der Waals surface area contributed by atoms with Crippen LogP contribution in [0.25, 0.3) is 0 Å². The Morgan fingerprint density at radius 1 is 1.23 bits per heavy atom. The molecule has 1 aliphatic heterocycles. The highest BCUT2D eigenvalue weighted by Gasteiger charge is 2.34. The first-order valence-electron chi connectivity index (χ1n) is 5.53. The van der Waals surface area contributed by atoms with Crippen LogP contribution in [0.5, 0.6) is 0 Å². The first kappa shape index (κ1) is 11.0. The monoisotopic (exact) mass is 186 g/mol. The zero-order valence-corrected chi connectivity index (χ0v) is 8.88. The average Bonchev–Trinajstić information content (AvgIpc) is 2.33. The maximum absolute atomic E-state index is 10.4. The van der Waals surface area contributed by atoms with Crippen LogP contribution in [0.15, 0.2) is 0 Å². The summed E-state index contributed by atoms with van der Waals surface area (Å²) in [7, 11) is 0. The van der Waals surface area contributed by atoms with Crippen molar-refractivity contribution in [2.45, 2.75) is 51.6 Å². The molecule has 1 N–H and O–H groups in total. The van der Waals surface area contributed by atoms with Crippen LogP contribution in [-0.4, -0.2) is 23.9 Å². The molecule has 1 atom stereocenters.